The molecule has 0 aromatic carbocycles. The zero-order valence-electron chi connectivity index (χ0n) is 19.3. The van der Waals surface area contributed by atoms with E-state index in [0.29, 0.717) is 0 Å². The molecule has 27 heavy (non-hydrogen) atoms. The second kappa shape index (κ2) is 13.0. The first-order valence-electron chi connectivity index (χ1n) is 8.99. The third kappa shape index (κ3) is 36.5. The van der Waals surface area contributed by atoms with Crippen LogP contribution in [0, 0.1) is 0 Å². The van der Waals surface area contributed by atoms with E-state index in [-0.39, 0.29) is 38.6 Å². The average molecular weight is 423 g/mol. The van der Waals surface area contributed by atoms with Gasteiger partial charge in [0.2, 0.25) is 0 Å². The summed E-state index contributed by atoms with van der Waals surface area (Å²) >= 11 is 0. The Morgan fingerprint density at radius 2 is 0.741 bits per heavy atom. The smallest absolute Gasteiger partial charge is 0.597 e. The van der Waals surface area contributed by atoms with Crippen molar-refractivity contribution in [3.63, 3.8) is 0 Å². The number of aliphatic imine (C=N–C) groups is 2. The molecule has 0 saturated heterocycles. The van der Waals surface area contributed by atoms with Crippen LogP contribution in [0.2, 0.25) is 0 Å². The zero-order valence-corrected chi connectivity index (χ0v) is 20.3. The number of rotatable bonds is 4. The Morgan fingerprint density at radius 3 is 0.926 bits per heavy atom. The summed E-state index contributed by atoms with van der Waals surface area (Å²) in [7, 11) is 0. The third-order valence-electron chi connectivity index (χ3n) is 1.91. The first-order valence-corrected chi connectivity index (χ1v) is 8.99. The number of hydrogen-bond donors (Lipinski definition) is 0. The Kier molecular flexibility index (Phi) is 14.7. The molecule has 0 aliphatic rings. The first-order chi connectivity index (χ1) is 11.4. The van der Waals surface area contributed by atoms with Crippen LogP contribution in [0.4, 0.5) is 0 Å². The van der Waals surface area contributed by atoms with E-state index in [9.17, 15) is 0 Å². The molecule has 0 unspecified atom stereocenters. The fourth-order valence-corrected chi connectivity index (χ4v) is 0.987. The minimum absolute atomic E-state index is 0. The van der Waals surface area contributed by atoms with Gasteiger partial charge in [-0.1, -0.05) is 41.5 Å². The molecule has 160 valence electrons. The molecule has 0 bridgehead atoms. The predicted octanol–water partition coefficient (Wildman–Crippen LogP) is 6.02. The van der Waals surface area contributed by atoms with Crippen LogP contribution < -0.4 is 0 Å². The standard InChI is InChI=1S/2C10H20N3.Ni/c2*1-9(2,3)11-7-8-12-13-10(4,5)6;/h2*7-8H,1-6H3;/q2*-1;+2. The fraction of sp³-hybridized carbons (Fsp3) is 0.800. The van der Waals surface area contributed by atoms with Gasteiger partial charge in [0.1, 0.15) is 0 Å². The molecule has 0 amide bonds. The van der Waals surface area contributed by atoms with E-state index in [4.69, 9.17) is 0 Å². The van der Waals surface area contributed by atoms with Crippen LogP contribution in [0.5, 0.6) is 0 Å². The zero-order chi connectivity index (χ0) is 21.1. The van der Waals surface area contributed by atoms with Gasteiger partial charge in [0.25, 0.3) is 0 Å². The van der Waals surface area contributed by atoms with Crippen LogP contribution in [0.25, 0.3) is 10.9 Å². The van der Waals surface area contributed by atoms with Crippen molar-refractivity contribution in [3.05, 3.63) is 10.9 Å². The van der Waals surface area contributed by atoms with Gasteiger partial charge in [-0.25, -0.2) is 0 Å². The van der Waals surface area contributed by atoms with E-state index in [1.165, 1.54) is 0 Å². The molecule has 0 heterocycles. The van der Waals surface area contributed by atoms with Gasteiger partial charge in [-0.15, -0.1) is 11.1 Å². The quantitative estimate of drug-likeness (QED) is 0.301. The average Bonchev–Trinajstić information content (AvgIpc) is 2.33. The van der Waals surface area contributed by atoms with Crippen LogP contribution in [-0.4, -0.2) is 47.0 Å². The Morgan fingerprint density at radius 1 is 0.481 bits per heavy atom. The van der Waals surface area contributed by atoms with Crippen molar-refractivity contribution in [2.75, 3.05) is 0 Å². The normalized spacial score (nSPS) is 13.8. The van der Waals surface area contributed by atoms with Gasteiger partial charge in [0, 0.05) is 24.9 Å². The van der Waals surface area contributed by atoms with E-state index < -0.39 is 0 Å². The summed E-state index contributed by atoms with van der Waals surface area (Å²) in [6, 6.07) is 0. The van der Waals surface area contributed by atoms with Crippen LogP contribution in [0.3, 0.4) is 0 Å². The third-order valence-corrected chi connectivity index (χ3v) is 1.91. The number of nitrogens with zero attached hydrogens (tertiary/aromatic N) is 6. The second-order valence-electron chi connectivity index (χ2n) is 9.97. The van der Waals surface area contributed by atoms with E-state index in [2.05, 4.69) is 31.0 Å². The Hall–Kier alpha value is -1.23. The molecule has 0 aromatic rings. The van der Waals surface area contributed by atoms with Crippen LogP contribution >= 0.6 is 0 Å². The Bertz CT molecular complexity index is 435. The summed E-state index contributed by atoms with van der Waals surface area (Å²) in [5, 5.41) is 7.79. The van der Waals surface area contributed by atoms with Crippen molar-refractivity contribution in [1.29, 1.82) is 0 Å². The molecule has 0 N–H and O–H groups in total. The van der Waals surface area contributed by atoms with Gasteiger partial charge in [-0.2, -0.15) is 0 Å². The maximum Gasteiger partial charge on any atom is 2.00 e. The van der Waals surface area contributed by atoms with Crippen molar-refractivity contribution >= 4 is 24.9 Å². The first kappa shape index (κ1) is 30.5. The minimum Gasteiger partial charge on any atom is -0.597 e. The maximum absolute atomic E-state index is 4.24. The predicted molar refractivity (Wildman–Crippen MR) is 120 cm³/mol. The Balaban J connectivity index is -0.000000411. The second-order valence-corrected chi connectivity index (χ2v) is 9.97. The molecular formula is C20H40N6Ni. The van der Waals surface area contributed by atoms with E-state index in [1.807, 2.05) is 83.1 Å². The molecule has 6 nitrogen and oxygen atoms in total. The fourth-order valence-electron chi connectivity index (χ4n) is 0.987. The molecule has 0 spiro atoms. The molecule has 0 aliphatic carbocycles. The molecular weight excluding hydrogens is 383 g/mol. The van der Waals surface area contributed by atoms with E-state index in [1.54, 1.807) is 24.9 Å². The monoisotopic (exact) mass is 422 g/mol. The van der Waals surface area contributed by atoms with Crippen molar-refractivity contribution in [2.24, 2.45) is 20.2 Å². The minimum atomic E-state index is -0.105. The van der Waals surface area contributed by atoms with E-state index in [0.717, 1.165) is 0 Å². The molecule has 0 aliphatic heterocycles. The summed E-state index contributed by atoms with van der Waals surface area (Å²) in [5.74, 6) is 0. The van der Waals surface area contributed by atoms with Crippen molar-refractivity contribution in [2.45, 2.75) is 105 Å². The van der Waals surface area contributed by atoms with Gasteiger partial charge < -0.3 is 21.1 Å². The molecule has 0 atom stereocenters. The molecule has 0 aromatic heterocycles. The molecule has 0 radical (unpaired) electrons. The molecule has 0 fully saturated rings. The molecule has 0 rings (SSSR count). The summed E-state index contributed by atoms with van der Waals surface area (Å²) in [6.45, 7) is 24.3. The van der Waals surface area contributed by atoms with Gasteiger partial charge in [-0.05, 0) is 41.5 Å². The van der Waals surface area contributed by atoms with Gasteiger partial charge in [0.05, 0.1) is 11.1 Å². The number of hydrogen-bond acceptors (Lipinski definition) is 4. The van der Waals surface area contributed by atoms with Gasteiger partial charge in [-0.3, -0.25) is 9.98 Å². The summed E-state index contributed by atoms with van der Waals surface area (Å²) in [5.41, 5.74) is 7.83. The van der Waals surface area contributed by atoms with Crippen molar-refractivity contribution < 1.29 is 16.5 Å². The van der Waals surface area contributed by atoms with Crippen LogP contribution in [0.15, 0.2) is 20.2 Å². The summed E-state index contributed by atoms with van der Waals surface area (Å²) < 4.78 is 0. The van der Waals surface area contributed by atoms with Crippen LogP contribution in [0.1, 0.15) is 83.1 Å². The van der Waals surface area contributed by atoms with Crippen molar-refractivity contribution in [3.8, 4) is 0 Å². The Labute approximate surface area is 177 Å². The summed E-state index contributed by atoms with van der Waals surface area (Å²) in [4.78, 5) is 8.48. The van der Waals surface area contributed by atoms with E-state index >= 15 is 0 Å². The maximum atomic E-state index is 4.24. The van der Waals surface area contributed by atoms with Crippen LogP contribution in [-0.2, 0) is 16.5 Å². The molecule has 0 saturated carbocycles. The molecule has 7 heteroatoms. The van der Waals surface area contributed by atoms with Gasteiger partial charge in [0.15, 0.2) is 0 Å². The topological polar surface area (TPSA) is 77.6 Å². The summed E-state index contributed by atoms with van der Waals surface area (Å²) in [6.07, 6.45) is 6.62. The largest absolute Gasteiger partial charge is 2.00 e. The van der Waals surface area contributed by atoms with Gasteiger partial charge >= 0.3 is 16.5 Å². The SMILES string of the molecule is CC(C)(C)N=CC=N[N-]C(C)(C)C.CC(C)(C)N=CC=N[N-]C(C)(C)C.[Ni+2]. The van der Waals surface area contributed by atoms with Crippen molar-refractivity contribution in [1.82, 2.24) is 0 Å².